The van der Waals surface area contributed by atoms with E-state index in [4.69, 9.17) is 14.9 Å². The van der Waals surface area contributed by atoms with Crippen molar-refractivity contribution in [1.29, 1.82) is 0 Å². The standard InChI is InChI=1S/C29H37N5O4Si/c1-28(2,3)39-38-29(4,5)25-21(8-7-9-22(25)30)20-16-23(27(36)33(6)18-20)32-24-11-10-19(17-31-24)26(35)34-12-14-37-15-13-34/h7-11,16-18H,12-15,30H2,1-6H3,(H,31,32). The van der Waals surface area contributed by atoms with E-state index in [0.717, 1.165) is 16.7 Å². The van der Waals surface area contributed by atoms with Crippen LogP contribution >= 0.6 is 0 Å². The van der Waals surface area contributed by atoms with Gasteiger partial charge in [0, 0.05) is 49.3 Å². The van der Waals surface area contributed by atoms with Gasteiger partial charge in [-0.05, 0) is 48.7 Å². The molecular weight excluding hydrogens is 510 g/mol. The van der Waals surface area contributed by atoms with Crippen LogP contribution in [-0.4, -0.2) is 56.4 Å². The first kappa shape index (κ1) is 28.5. The number of hydrogen-bond acceptors (Lipinski definition) is 7. The molecule has 3 aromatic rings. The number of aryl methyl sites for hydroxylation is 1. The van der Waals surface area contributed by atoms with Gasteiger partial charge in [0.15, 0.2) is 0 Å². The van der Waals surface area contributed by atoms with Gasteiger partial charge >= 0.3 is 0 Å². The number of nitrogens with zero attached hydrogens (tertiary/aromatic N) is 3. The van der Waals surface area contributed by atoms with Crippen molar-refractivity contribution in [3.05, 3.63) is 70.3 Å². The Morgan fingerprint density at radius 1 is 1.13 bits per heavy atom. The predicted octanol–water partition coefficient (Wildman–Crippen LogP) is 4.33. The number of pyridine rings is 2. The molecule has 1 aliphatic rings. The van der Waals surface area contributed by atoms with Crippen molar-refractivity contribution in [2.75, 3.05) is 37.4 Å². The number of anilines is 3. The van der Waals surface area contributed by atoms with Crippen LogP contribution in [-0.2, 0) is 21.8 Å². The Morgan fingerprint density at radius 3 is 2.49 bits per heavy atom. The first-order valence-corrected chi connectivity index (χ1v) is 13.9. The molecule has 9 nitrogen and oxygen atoms in total. The average molecular weight is 548 g/mol. The molecule has 1 saturated heterocycles. The minimum atomic E-state index is -0.654. The minimum Gasteiger partial charge on any atom is -0.408 e. The predicted molar refractivity (Wildman–Crippen MR) is 155 cm³/mol. The van der Waals surface area contributed by atoms with Crippen molar-refractivity contribution in [3.8, 4) is 11.1 Å². The van der Waals surface area contributed by atoms with Gasteiger partial charge in [-0.25, -0.2) is 4.98 Å². The van der Waals surface area contributed by atoms with Crippen molar-refractivity contribution in [2.45, 2.75) is 45.3 Å². The zero-order valence-corrected chi connectivity index (χ0v) is 24.5. The lowest BCUT2D eigenvalue weighted by Gasteiger charge is -2.32. The summed E-state index contributed by atoms with van der Waals surface area (Å²) < 4.78 is 13.3. The number of morpholine rings is 1. The van der Waals surface area contributed by atoms with Crippen LogP contribution in [0.25, 0.3) is 11.1 Å². The number of benzene rings is 1. The summed E-state index contributed by atoms with van der Waals surface area (Å²) in [5.74, 6) is 0.381. The summed E-state index contributed by atoms with van der Waals surface area (Å²) in [4.78, 5) is 32.0. The van der Waals surface area contributed by atoms with Gasteiger partial charge < -0.3 is 29.7 Å². The fourth-order valence-electron chi connectivity index (χ4n) is 4.44. The maximum Gasteiger partial charge on any atom is 0.274 e. The van der Waals surface area contributed by atoms with E-state index in [1.165, 1.54) is 10.8 Å². The number of amides is 1. The van der Waals surface area contributed by atoms with Gasteiger partial charge in [-0.3, -0.25) is 9.59 Å². The molecule has 1 aromatic carbocycles. The molecule has 2 radical (unpaired) electrons. The highest BCUT2D eigenvalue weighted by Gasteiger charge is 2.30. The van der Waals surface area contributed by atoms with E-state index >= 15 is 0 Å². The van der Waals surface area contributed by atoms with Crippen LogP contribution in [0.15, 0.2) is 53.6 Å². The second-order valence-corrected chi connectivity index (χ2v) is 13.2. The Labute approximate surface area is 232 Å². The van der Waals surface area contributed by atoms with Crippen LogP contribution in [0.1, 0.15) is 50.5 Å². The number of aromatic nitrogens is 2. The number of carbonyl (C=O) groups is 1. The van der Waals surface area contributed by atoms with Crippen molar-refractivity contribution in [1.82, 2.24) is 14.5 Å². The van der Waals surface area contributed by atoms with Crippen LogP contribution in [0.5, 0.6) is 0 Å². The first-order chi connectivity index (χ1) is 18.4. The van der Waals surface area contributed by atoms with Crippen molar-refractivity contribution in [2.24, 2.45) is 7.05 Å². The maximum atomic E-state index is 13.1. The van der Waals surface area contributed by atoms with E-state index in [1.54, 1.807) is 36.3 Å². The molecule has 0 unspecified atom stereocenters. The summed E-state index contributed by atoms with van der Waals surface area (Å²) in [7, 11) is 1.99. The first-order valence-electron chi connectivity index (χ1n) is 13.0. The molecule has 1 fully saturated rings. The van der Waals surface area contributed by atoms with Crippen molar-refractivity contribution < 1.29 is 14.0 Å². The molecule has 0 saturated carbocycles. The summed E-state index contributed by atoms with van der Waals surface area (Å²) in [6, 6.07) is 11.0. The summed E-state index contributed by atoms with van der Waals surface area (Å²) in [6.45, 7) is 12.7. The second kappa shape index (κ2) is 11.3. The fraction of sp³-hybridized carbons (Fsp3) is 0.414. The lowest BCUT2D eigenvalue weighted by Crippen LogP contribution is -2.40. The van der Waals surface area contributed by atoms with Crippen molar-refractivity contribution >= 4 is 32.9 Å². The van der Waals surface area contributed by atoms with Gasteiger partial charge in [0.1, 0.15) is 11.5 Å². The van der Waals surface area contributed by atoms with E-state index in [-0.39, 0.29) is 26.3 Å². The van der Waals surface area contributed by atoms with Gasteiger partial charge in [-0.15, -0.1) is 0 Å². The van der Waals surface area contributed by atoms with Gasteiger partial charge in [-0.1, -0.05) is 32.9 Å². The fourth-order valence-corrected chi connectivity index (χ4v) is 5.11. The van der Waals surface area contributed by atoms with E-state index in [0.29, 0.717) is 49.1 Å². The summed E-state index contributed by atoms with van der Waals surface area (Å²) in [5.41, 5.74) is 9.69. The third-order valence-electron chi connectivity index (χ3n) is 6.38. The molecule has 4 rings (SSSR count). The Kier molecular flexibility index (Phi) is 8.29. The molecular formula is C29H37N5O4Si. The quantitative estimate of drug-likeness (QED) is 0.334. The number of hydrogen-bond donors (Lipinski definition) is 2. The minimum absolute atomic E-state index is 0.0179. The molecule has 206 valence electrons. The normalized spacial score (nSPS) is 14.4. The van der Waals surface area contributed by atoms with Crippen LogP contribution in [0.2, 0.25) is 5.04 Å². The highest BCUT2D eigenvalue weighted by molar-refractivity contribution is 6.31. The Balaban J connectivity index is 1.64. The number of ether oxygens (including phenoxy) is 1. The van der Waals surface area contributed by atoms with Crippen LogP contribution in [0, 0.1) is 0 Å². The number of nitrogen functional groups attached to an aromatic ring is 1. The monoisotopic (exact) mass is 547 g/mol. The summed E-state index contributed by atoms with van der Waals surface area (Å²) in [5, 5.41) is 3.15. The third-order valence-corrected chi connectivity index (χ3v) is 7.60. The number of nitrogens with two attached hydrogens (primary N) is 1. The molecule has 0 bridgehead atoms. The van der Waals surface area contributed by atoms with E-state index < -0.39 is 5.60 Å². The van der Waals surface area contributed by atoms with Gasteiger partial charge in [0.2, 0.25) is 9.76 Å². The zero-order chi connectivity index (χ0) is 28.4. The maximum absolute atomic E-state index is 13.1. The average Bonchev–Trinajstić information content (AvgIpc) is 2.90. The number of nitrogens with one attached hydrogen (secondary N) is 1. The largest absolute Gasteiger partial charge is 0.408 e. The number of carbonyl (C=O) groups excluding carboxylic acids is 1. The molecule has 39 heavy (non-hydrogen) atoms. The lowest BCUT2D eigenvalue weighted by atomic mass is 9.88. The van der Waals surface area contributed by atoms with Gasteiger partial charge in [0.05, 0.1) is 24.4 Å². The van der Waals surface area contributed by atoms with E-state index in [9.17, 15) is 9.59 Å². The molecule has 0 aliphatic carbocycles. The topological polar surface area (TPSA) is 112 Å². The Bertz CT molecular complexity index is 1390. The van der Waals surface area contributed by atoms with E-state index in [2.05, 4.69) is 31.1 Å². The smallest absolute Gasteiger partial charge is 0.274 e. The lowest BCUT2D eigenvalue weighted by molar-refractivity contribution is 0.0302. The van der Waals surface area contributed by atoms with Gasteiger partial charge in [-0.2, -0.15) is 0 Å². The molecule has 1 aliphatic heterocycles. The highest BCUT2D eigenvalue weighted by atomic mass is 28.2. The Morgan fingerprint density at radius 2 is 1.85 bits per heavy atom. The molecule has 1 amide bonds. The molecule has 0 spiro atoms. The molecule has 10 heteroatoms. The van der Waals surface area contributed by atoms with Gasteiger partial charge in [0.25, 0.3) is 11.5 Å². The van der Waals surface area contributed by atoms with Crippen molar-refractivity contribution in [3.63, 3.8) is 0 Å². The molecule has 3 heterocycles. The highest BCUT2D eigenvalue weighted by Crippen LogP contribution is 2.39. The summed E-state index contributed by atoms with van der Waals surface area (Å²) in [6.07, 6.45) is 3.33. The SMILES string of the molecule is Cn1cc(-c2cccc(N)c2C(C)(C)O[Si]C(C)(C)C)cc(Nc2ccc(C(=O)N3CCOCC3)cn2)c1=O. The zero-order valence-electron chi connectivity index (χ0n) is 23.5. The molecule has 3 N–H and O–H groups in total. The molecule has 2 aromatic heterocycles. The van der Waals surface area contributed by atoms with Crippen LogP contribution in [0.4, 0.5) is 17.2 Å². The Hall–Kier alpha value is -3.47. The number of rotatable bonds is 7. The van der Waals surface area contributed by atoms with E-state index in [1.807, 2.05) is 32.0 Å². The molecule has 0 atom stereocenters. The third kappa shape index (κ3) is 6.76. The second-order valence-electron chi connectivity index (χ2n) is 11.3. The summed E-state index contributed by atoms with van der Waals surface area (Å²) >= 11 is 0. The van der Waals surface area contributed by atoms with Crippen LogP contribution < -0.4 is 16.6 Å². The van der Waals surface area contributed by atoms with Crippen LogP contribution in [0.3, 0.4) is 0 Å².